The highest BCUT2D eigenvalue weighted by Crippen LogP contribution is 2.27. The van der Waals surface area contributed by atoms with Gasteiger partial charge in [0, 0.05) is 6.42 Å². The van der Waals surface area contributed by atoms with E-state index in [4.69, 9.17) is 4.52 Å². The highest BCUT2D eigenvalue weighted by molar-refractivity contribution is 7.53. The van der Waals surface area contributed by atoms with Gasteiger partial charge in [0.15, 0.2) is 5.52 Å². The van der Waals surface area contributed by atoms with Crippen LogP contribution in [0.25, 0.3) is 0 Å². The minimum atomic E-state index is -0.438. The van der Waals surface area contributed by atoms with Crippen LogP contribution < -0.4 is 0 Å². The molecule has 4 nitrogen and oxygen atoms in total. The van der Waals surface area contributed by atoms with Crippen LogP contribution in [0.5, 0.6) is 0 Å². The average molecular weight is 641 g/mol. The van der Waals surface area contributed by atoms with E-state index in [1.165, 1.54) is 148 Å². The van der Waals surface area contributed by atoms with E-state index >= 15 is 0 Å². The number of Topliss-reactive ketones (excluding diaryl/α,β-unsaturated/α-hetero) is 1. The van der Waals surface area contributed by atoms with Gasteiger partial charge in [0.05, 0.1) is 35.9 Å². The lowest BCUT2D eigenvalue weighted by molar-refractivity contribution is -0.870. The standard InChI is InChI=1S/C39H79NO3P/c1-6-8-10-12-14-16-18-20-21-22-24-26-28-30-32-34-38(41)37(39(42)44-43-36-35-40(3,4)5)33-31-29-27-25-23-19-17-15-13-11-9-7-2/h37,44H,6-36H2,1-5H3/q+1. The molecule has 0 aromatic carbocycles. The molecular weight excluding hydrogens is 561 g/mol. The fourth-order valence-corrected chi connectivity index (χ4v) is 6.77. The Morgan fingerprint density at radius 1 is 0.523 bits per heavy atom. The molecule has 0 aliphatic rings. The molecule has 0 fully saturated rings. The van der Waals surface area contributed by atoms with Gasteiger partial charge in [0.25, 0.3) is 0 Å². The number of quaternary nitrogens is 1. The van der Waals surface area contributed by atoms with Crippen LogP contribution in [0.4, 0.5) is 0 Å². The quantitative estimate of drug-likeness (QED) is 0.0296. The molecule has 0 N–H and O–H groups in total. The molecule has 0 aliphatic carbocycles. The van der Waals surface area contributed by atoms with E-state index in [0.29, 0.717) is 13.0 Å². The van der Waals surface area contributed by atoms with Gasteiger partial charge in [-0.15, -0.1) is 0 Å². The highest BCUT2D eigenvalue weighted by atomic mass is 31.1. The van der Waals surface area contributed by atoms with E-state index in [9.17, 15) is 9.59 Å². The van der Waals surface area contributed by atoms with Crippen molar-refractivity contribution in [2.45, 2.75) is 200 Å². The molecule has 0 bridgehead atoms. The average Bonchev–Trinajstić information content (AvgIpc) is 2.99. The maximum Gasteiger partial charge on any atom is 0.189 e. The Morgan fingerprint density at radius 2 is 0.864 bits per heavy atom. The van der Waals surface area contributed by atoms with Crippen molar-refractivity contribution in [3.8, 4) is 0 Å². The largest absolute Gasteiger partial charge is 0.349 e. The fourth-order valence-electron chi connectivity index (χ4n) is 5.99. The van der Waals surface area contributed by atoms with Gasteiger partial charge in [-0.05, 0) is 12.8 Å². The molecule has 0 saturated carbocycles. The van der Waals surface area contributed by atoms with Gasteiger partial charge < -0.3 is 9.01 Å². The first-order valence-corrected chi connectivity index (χ1v) is 20.5. The van der Waals surface area contributed by atoms with E-state index in [2.05, 4.69) is 35.0 Å². The number of hydrogen-bond acceptors (Lipinski definition) is 3. The van der Waals surface area contributed by atoms with Gasteiger partial charge in [0.1, 0.15) is 18.9 Å². The van der Waals surface area contributed by atoms with E-state index in [1.807, 2.05) is 0 Å². The van der Waals surface area contributed by atoms with Crippen LogP contribution >= 0.6 is 8.81 Å². The lowest BCUT2D eigenvalue weighted by atomic mass is 9.93. The Labute approximate surface area is 278 Å². The molecule has 44 heavy (non-hydrogen) atoms. The Kier molecular flexibility index (Phi) is 32.4. The van der Waals surface area contributed by atoms with Crippen LogP contribution in [0, 0.1) is 5.92 Å². The number of unbranched alkanes of at least 4 members (excludes halogenated alkanes) is 25. The molecule has 0 aromatic heterocycles. The third-order valence-electron chi connectivity index (χ3n) is 9.12. The highest BCUT2D eigenvalue weighted by Gasteiger charge is 2.26. The molecule has 0 amide bonds. The van der Waals surface area contributed by atoms with Crippen molar-refractivity contribution < 1.29 is 18.6 Å². The number of ketones is 1. The van der Waals surface area contributed by atoms with Crippen molar-refractivity contribution in [3.05, 3.63) is 0 Å². The zero-order valence-electron chi connectivity index (χ0n) is 30.7. The van der Waals surface area contributed by atoms with Crippen molar-refractivity contribution in [2.75, 3.05) is 34.3 Å². The molecule has 2 unspecified atom stereocenters. The van der Waals surface area contributed by atoms with Crippen molar-refractivity contribution in [3.63, 3.8) is 0 Å². The third-order valence-corrected chi connectivity index (χ3v) is 10.0. The zero-order chi connectivity index (χ0) is 32.6. The number of carbonyl (C=O) groups is 2. The number of likely N-dealkylation sites (N-methyl/N-ethyl adjacent to an activating group) is 1. The van der Waals surface area contributed by atoms with Crippen molar-refractivity contribution >= 4 is 20.1 Å². The van der Waals surface area contributed by atoms with Crippen LogP contribution in [0.15, 0.2) is 0 Å². The van der Waals surface area contributed by atoms with Crippen molar-refractivity contribution in [1.29, 1.82) is 0 Å². The predicted molar refractivity (Wildman–Crippen MR) is 196 cm³/mol. The first kappa shape index (κ1) is 43.7. The number of nitrogens with zero attached hydrogens (tertiary/aromatic N) is 1. The Bertz CT molecular complexity index is 633. The predicted octanol–water partition coefficient (Wildman–Crippen LogP) is 12.4. The normalized spacial score (nSPS) is 12.8. The molecule has 0 aliphatic heterocycles. The van der Waals surface area contributed by atoms with Gasteiger partial charge >= 0.3 is 0 Å². The van der Waals surface area contributed by atoms with E-state index in [1.54, 1.807) is 0 Å². The molecule has 262 valence electrons. The molecule has 0 radical (unpaired) electrons. The summed E-state index contributed by atoms with van der Waals surface area (Å²) in [7, 11) is 6.20. The topological polar surface area (TPSA) is 43.4 Å². The summed E-state index contributed by atoms with van der Waals surface area (Å²) in [5.41, 5.74) is 0.0421. The van der Waals surface area contributed by atoms with Crippen LogP contribution in [-0.4, -0.2) is 50.1 Å². The van der Waals surface area contributed by atoms with Crippen LogP contribution in [0.2, 0.25) is 0 Å². The number of rotatable bonds is 36. The Balaban J connectivity index is 4.13. The lowest BCUT2D eigenvalue weighted by Crippen LogP contribution is -2.37. The third kappa shape index (κ3) is 31.7. The summed E-state index contributed by atoms with van der Waals surface area (Å²) < 4.78 is 6.58. The fraction of sp³-hybridized carbons (Fsp3) is 0.949. The number of hydrogen-bond donors (Lipinski definition) is 0. The summed E-state index contributed by atoms with van der Waals surface area (Å²) in [6.45, 7) is 6.01. The maximum absolute atomic E-state index is 13.2. The van der Waals surface area contributed by atoms with E-state index < -0.39 is 5.92 Å². The minimum Gasteiger partial charge on any atom is -0.349 e. The lowest BCUT2D eigenvalue weighted by Gasteiger charge is -2.23. The van der Waals surface area contributed by atoms with Gasteiger partial charge in [-0.1, -0.05) is 181 Å². The van der Waals surface area contributed by atoms with Gasteiger partial charge in [-0.25, -0.2) is 0 Å². The van der Waals surface area contributed by atoms with Crippen LogP contribution in [0.3, 0.4) is 0 Å². The van der Waals surface area contributed by atoms with Crippen LogP contribution in [-0.2, 0) is 14.1 Å². The Morgan fingerprint density at radius 3 is 1.23 bits per heavy atom. The zero-order valence-corrected chi connectivity index (χ0v) is 31.7. The smallest absolute Gasteiger partial charge is 0.189 e. The van der Waals surface area contributed by atoms with E-state index in [0.717, 1.165) is 43.1 Å². The molecular formula is C39H79NO3P+. The van der Waals surface area contributed by atoms with Crippen molar-refractivity contribution in [2.24, 2.45) is 5.92 Å². The van der Waals surface area contributed by atoms with Gasteiger partial charge in [-0.2, -0.15) is 0 Å². The first-order chi connectivity index (χ1) is 21.3. The van der Waals surface area contributed by atoms with Crippen LogP contribution in [0.1, 0.15) is 200 Å². The monoisotopic (exact) mass is 641 g/mol. The first-order valence-electron chi connectivity index (χ1n) is 19.6. The van der Waals surface area contributed by atoms with E-state index in [-0.39, 0.29) is 20.1 Å². The molecule has 0 saturated heterocycles. The second kappa shape index (κ2) is 32.6. The second-order valence-corrected chi connectivity index (χ2v) is 15.7. The Hall–Kier alpha value is -0.310. The molecule has 0 spiro atoms. The minimum absolute atomic E-state index is 0.0421. The summed E-state index contributed by atoms with van der Waals surface area (Å²) in [5, 5.41) is 0. The molecule has 5 heteroatoms. The van der Waals surface area contributed by atoms with Gasteiger partial charge in [0.2, 0.25) is 0 Å². The SMILES string of the molecule is CCCCCCCCCCCCCCCCCC(=O)C(CCCCCCCCCCCCCC)C(=O)POCC[N+](C)(C)C. The second-order valence-electron chi connectivity index (χ2n) is 14.7. The van der Waals surface area contributed by atoms with Crippen molar-refractivity contribution in [1.82, 2.24) is 0 Å². The summed E-state index contributed by atoms with van der Waals surface area (Å²) in [5.74, 6) is -0.261. The summed E-state index contributed by atoms with van der Waals surface area (Å²) in [4.78, 5) is 26.2. The molecule has 0 heterocycles. The molecule has 0 aromatic rings. The summed E-state index contributed by atoms with van der Waals surface area (Å²) in [6.07, 6.45) is 36.8. The number of carbonyl (C=O) groups excluding carboxylic acids is 2. The molecule has 2 atom stereocenters. The van der Waals surface area contributed by atoms with Gasteiger partial charge in [-0.3, -0.25) is 9.59 Å². The summed E-state index contributed by atoms with van der Waals surface area (Å²) in [6, 6.07) is 0. The molecule has 0 rings (SSSR count). The maximum atomic E-state index is 13.2. The summed E-state index contributed by atoms with van der Waals surface area (Å²) >= 11 is 0.